The molecule has 0 saturated carbocycles. The first-order valence-corrected chi connectivity index (χ1v) is 7.11. The van der Waals surface area contributed by atoms with Crippen LogP contribution in [0.2, 0.25) is 0 Å². The highest BCUT2D eigenvalue weighted by Gasteiger charge is 2.17. The van der Waals surface area contributed by atoms with Crippen molar-refractivity contribution in [1.29, 1.82) is 0 Å². The Labute approximate surface area is 129 Å². The molecule has 0 aliphatic heterocycles. The second-order valence-electron chi connectivity index (χ2n) is 5.26. The minimum atomic E-state index is 0.171. The Bertz CT molecular complexity index is 781. The van der Waals surface area contributed by atoms with Crippen LogP contribution in [0.3, 0.4) is 0 Å². The summed E-state index contributed by atoms with van der Waals surface area (Å²) in [4.78, 5) is 10.9. The van der Waals surface area contributed by atoms with Crippen LogP contribution < -0.4 is 9.64 Å². The number of aromatic nitrogens is 4. The average Bonchev–Trinajstić information content (AvgIpc) is 2.95. The first-order valence-electron chi connectivity index (χ1n) is 7.11. The molecule has 0 spiro atoms. The predicted octanol–water partition coefficient (Wildman–Crippen LogP) is 2.57. The highest BCUT2D eigenvalue weighted by molar-refractivity contribution is 5.86. The molecule has 1 aromatic carbocycles. The van der Waals surface area contributed by atoms with Crippen LogP contribution >= 0.6 is 0 Å². The van der Waals surface area contributed by atoms with Crippen molar-refractivity contribution in [3.05, 3.63) is 42.4 Å². The van der Waals surface area contributed by atoms with Crippen LogP contribution in [-0.2, 0) is 7.05 Å². The Morgan fingerprint density at radius 1 is 1.18 bits per heavy atom. The summed E-state index contributed by atoms with van der Waals surface area (Å²) in [6.45, 7) is 2.14. The van der Waals surface area contributed by atoms with E-state index in [4.69, 9.17) is 4.74 Å². The quantitative estimate of drug-likeness (QED) is 0.741. The summed E-state index contributed by atoms with van der Waals surface area (Å²) in [5, 5.41) is 5.22. The van der Waals surface area contributed by atoms with Crippen LogP contribution in [0.15, 0.2) is 36.8 Å². The maximum atomic E-state index is 5.21. The Hall–Kier alpha value is -2.63. The van der Waals surface area contributed by atoms with E-state index in [0.29, 0.717) is 0 Å². The van der Waals surface area contributed by atoms with Gasteiger partial charge in [0.05, 0.1) is 24.7 Å². The van der Waals surface area contributed by atoms with Crippen LogP contribution in [0.25, 0.3) is 11.0 Å². The molecule has 0 radical (unpaired) electrons. The van der Waals surface area contributed by atoms with Crippen molar-refractivity contribution in [3.8, 4) is 5.75 Å². The maximum absolute atomic E-state index is 5.21. The molecular formula is C16H19N5O. The third-order valence-electron chi connectivity index (χ3n) is 4.02. The van der Waals surface area contributed by atoms with Crippen LogP contribution in [0.1, 0.15) is 18.5 Å². The molecule has 0 fully saturated rings. The van der Waals surface area contributed by atoms with E-state index in [2.05, 4.69) is 39.0 Å². The zero-order valence-electron chi connectivity index (χ0n) is 13.2. The molecule has 114 valence electrons. The summed E-state index contributed by atoms with van der Waals surface area (Å²) < 4.78 is 6.97. The number of hydrogen-bond donors (Lipinski definition) is 0. The molecule has 1 atom stereocenters. The molecule has 0 unspecified atom stereocenters. The van der Waals surface area contributed by atoms with Gasteiger partial charge in [-0.3, -0.25) is 4.68 Å². The van der Waals surface area contributed by atoms with E-state index >= 15 is 0 Å². The van der Waals surface area contributed by atoms with E-state index in [9.17, 15) is 0 Å². The number of ether oxygens (including phenoxy) is 1. The van der Waals surface area contributed by atoms with Crippen molar-refractivity contribution in [3.63, 3.8) is 0 Å². The molecule has 2 heterocycles. The lowest BCUT2D eigenvalue weighted by atomic mass is 10.1. The molecule has 3 rings (SSSR count). The van der Waals surface area contributed by atoms with Crippen molar-refractivity contribution in [2.45, 2.75) is 13.0 Å². The van der Waals surface area contributed by atoms with E-state index in [-0.39, 0.29) is 6.04 Å². The fraction of sp³-hybridized carbons (Fsp3) is 0.312. The molecule has 0 amide bonds. The number of fused-ring (bicyclic) bond motifs is 1. The molecule has 22 heavy (non-hydrogen) atoms. The summed E-state index contributed by atoms with van der Waals surface area (Å²) in [6, 6.07) is 8.26. The van der Waals surface area contributed by atoms with Crippen molar-refractivity contribution < 1.29 is 4.74 Å². The molecule has 0 saturated heterocycles. The third kappa shape index (κ3) is 2.36. The van der Waals surface area contributed by atoms with Gasteiger partial charge in [-0.05, 0) is 24.6 Å². The number of methoxy groups -OCH3 is 1. The molecular weight excluding hydrogens is 278 g/mol. The number of anilines is 1. The van der Waals surface area contributed by atoms with Gasteiger partial charge in [-0.15, -0.1) is 0 Å². The minimum absolute atomic E-state index is 0.171. The molecule has 2 aromatic heterocycles. The van der Waals surface area contributed by atoms with Gasteiger partial charge in [0, 0.05) is 14.1 Å². The van der Waals surface area contributed by atoms with Gasteiger partial charge < -0.3 is 9.64 Å². The fourth-order valence-electron chi connectivity index (χ4n) is 2.52. The van der Waals surface area contributed by atoms with E-state index < -0.39 is 0 Å². The van der Waals surface area contributed by atoms with Gasteiger partial charge in [-0.1, -0.05) is 12.1 Å². The monoisotopic (exact) mass is 297 g/mol. The summed E-state index contributed by atoms with van der Waals surface area (Å²) >= 11 is 0. The first kappa shape index (κ1) is 14.3. The van der Waals surface area contributed by atoms with Gasteiger partial charge in [0.2, 0.25) is 0 Å². The molecule has 6 nitrogen and oxygen atoms in total. The second-order valence-corrected chi connectivity index (χ2v) is 5.26. The van der Waals surface area contributed by atoms with Crippen LogP contribution in [0, 0.1) is 0 Å². The van der Waals surface area contributed by atoms with Crippen molar-refractivity contribution in [1.82, 2.24) is 19.7 Å². The van der Waals surface area contributed by atoms with Crippen molar-refractivity contribution >= 4 is 16.9 Å². The number of nitrogens with zero attached hydrogens (tertiary/aromatic N) is 5. The first-order chi connectivity index (χ1) is 10.6. The van der Waals surface area contributed by atoms with Crippen LogP contribution in [0.5, 0.6) is 5.75 Å². The number of hydrogen-bond acceptors (Lipinski definition) is 5. The van der Waals surface area contributed by atoms with Gasteiger partial charge >= 0.3 is 0 Å². The van der Waals surface area contributed by atoms with Crippen LogP contribution in [-0.4, -0.2) is 33.9 Å². The molecule has 0 N–H and O–H groups in total. The highest BCUT2D eigenvalue weighted by Crippen LogP contribution is 2.29. The van der Waals surface area contributed by atoms with Gasteiger partial charge in [-0.2, -0.15) is 5.10 Å². The Kier molecular flexibility index (Phi) is 3.66. The van der Waals surface area contributed by atoms with Crippen molar-refractivity contribution in [2.75, 3.05) is 19.1 Å². The van der Waals surface area contributed by atoms with Gasteiger partial charge in [0.1, 0.15) is 17.9 Å². The largest absolute Gasteiger partial charge is 0.497 e. The van der Waals surface area contributed by atoms with Gasteiger partial charge in [0.15, 0.2) is 5.65 Å². The number of aryl methyl sites for hydroxylation is 1. The smallest absolute Gasteiger partial charge is 0.163 e. The van der Waals surface area contributed by atoms with Crippen molar-refractivity contribution in [2.24, 2.45) is 7.05 Å². The lowest BCUT2D eigenvalue weighted by Gasteiger charge is -2.26. The lowest BCUT2D eigenvalue weighted by Crippen LogP contribution is -2.23. The highest BCUT2D eigenvalue weighted by atomic mass is 16.5. The zero-order valence-corrected chi connectivity index (χ0v) is 13.2. The fourth-order valence-corrected chi connectivity index (χ4v) is 2.52. The zero-order chi connectivity index (χ0) is 15.7. The normalized spacial score (nSPS) is 12.4. The summed E-state index contributed by atoms with van der Waals surface area (Å²) in [6.07, 6.45) is 3.39. The molecule has 0 bridgehead atoms. The van der Waals surface area contributed by atoms with Gasteiger partial charge in [-0.25, -0.2) is 9.97 Å². The standard InChI is InChI=1S/C16H19N5O/c1-11(12-5-7-13(22-4)8-6-12)20(2)15-14-9-19-21(3)16(14)18-10-17-15/h5-11H,1-4H3/t11-/m0/s1. The summed E-state index contributed by atoms with van der Waals surface area (Å²) in [7, 11) is 5.58. The maximum Gasteiger partial charge on any atom is 0.163 e. The third-order valence-corrected chi connectivity index (χ3v) is 4.02. The average molecular weight is 297 g/mol. The van der Waals surface area contributed by atoms with E-state index in [0.717, 1.165) is 22.6 Å². The number of rotatable bonds is 4. The molecule has 0 aliphatic carbocycles. The Morgan fingerprint density at radius 3 is 2.59 bits per heavy atom. The van der Waals surface area contributed by atoms with E-state index in [1.54, 1.807) is 18.1 Å². The molecule has 6 heteroatoms. The Balaban J connectivity index is 1.95. The molecule has 3 aromatic rings. The van der Waals surface area contributed by atoms with E-state index in [1.165, 1.54) is 5.56 Å². The minimum Gasteiger partial charge on any atom is -0.497 e. The van der Waals surface area contributed by atoms with Crippen LogP contribution in [0.4, 0.5) is 5.82 Å². The second kappa shape index (κ2) is 5.63. The summed E-state index contributed by atoms with van der Waals surface area (Å²) in [5.74, 6) is 1.73. The van der Waals surface area contributed by atoms with E-state index in [1.807, 2.05) is 32.4 Å². The van der Waals surface area contributed by atoms with Gasteiger partial charge in [0.25, 0.3) is 0 Å². The SMILES string of the molecule is COc1ccc([C@H](C)N(C)c2ncnc3c2cnn3C)cc1. The summed E-state index contributed by atoms with van der Waals surface area (Å²) in [5.41, 5.74) is 2.03. The topological polar surface area (TPSA) is 56.1 Å². The lowest BCUT2D eigenvalue weighted by molar-refractivity contribution is 0.414. The number of benzene rings is 1. The predicted molar refractivity (Wildman–Crippen MR) is 86.1 cm³/mol. The Morgan fingerprint density at radius 2 is 1.91 bits per heavy atom. The molecule has 0 aliphatic rings.